The number of hydrogen-bond donors (Lipinski definition) is 0. The van der Waals surface area contributed by atoms with Crippen molar-refractivity contribution in [1.82, 2.24) is 24.6 Å². The second kappa shape index (κ2) is 11.1. The van der Waals surface area contributed by atoms with Crippen molar-refractivity contribution in [2.24, 2.45) is 0 Å². The van der Waals surface area contributed by atoms with Gasteiger partial charge in [-0.2, -0.15) is 5.10 Å². The smallest absolute Gasteiger partial charge is 0.260 e. The number of fused-ring (bicyclic) bond motifs is 1. The molecular formula is C31H29FN6O2. The van der Waals surface area contributed by atoms with Crippen molar-refractivity contribution in [1.29, 1.82) is 0 Å². The van der Waals surface area contributed by atoms with Crippen LogP contribution in [0.5, 0.6) is 5.75 Å². The summed E-state index contributed by atoms with van der Waals surface area (Å²) >= 11 is 0. The summed E-state index contributed by atoms with van der Waals surface area (Å²) in [5.74, 6) is 1.80. The van der Waals surface area contributed by atoms with Gasteiger partial charge in [0.15, 0.2) is 12.3 Å². The molecule has 1 fully saturated rings. The summed E-state index contributed by atoms with van der Waals surface area (Å²) < 4.78 is 21.1. The molecule has 3 heterocycles. The highest BCUT2D eigenvalue weighted by molar-refractivity contribution is 5.91. The minimum absolute atomic E-state index is 0.00649. The van der Waals surface area contributed by atoms with E-state index in [0.717, 1.165) is 28.1 Å². The summed E-state index contributed by atoms with van der Waals surface area (Å²) in [6.45, 7) is 4.30. The molecule has 1 saturated heterocycles. The van der Waals surface area contributed by atoms with Gasteiger partial charge in [-0.25, -0.2) is 19.0 Å². The quantitative estimate of drug-likeness (QED) is 0.303. The molecular weight excluding hydrogens is 507 g/mol. The topological polar surface area (TPSA) is 76.4 Å². The van der Waals surface area contributed by atoms with E-state index >= 15 is 0 Å². The van der Waals surface area contributed by atoms with Crippen LogP contribution in [0, 0.1) is 12.7 Å². The molecule has 0 saturated carbocycles. The Kier molecular flexibility index (Phi) is 7.09. The second-order valence-electron chi connectivity index (χ2n) is 9.77. The fraction of sp³-hybridized carbons (Fsp3) is 0.226. The van der Waals surface area contributed by atoms with Crippen LogP contribution in [0.25, 0.3) is 16.7 Å². The minimum atomic E-state index is -0.307. The Morgan fingerprint density at radius 1 is 0.875 bits per heavy atom. The summed E-state index contributed by atoms with van der Waals surface area (Å²) in [6, 6.07) is 25.7. The first kappa shape index (κ1) is 25.5. The maximum absolute atomic E-state index is 13.7. The largest absolute Gasteiger partial charge is 0.484 e. The molecule has 0 spiro atoms. The van der Waals surface area contributed by atoms with Crippen molar-refractivity contribution in [3.05, 3.63) is 108 Å². The summed E-state index contributed by atoms with van der Waals surface area (Å²) in [5.41, 5.74) is 3.29. The number of para-hydroxylation sites is 1. The average Bonchev–Trinajstić information content (AvgIpc) is 3.33. The summed E-state index contributed by atoms with van der Waals surface area (Å²) in [7, 11) is 0. The van der Waals surface area contributed by atoms with Crippen molar-refractivity contribution in [2.45, 2.75) is 13.3 Å². The van der Waals surface area contributed by atoms with Crippen LogP contribution in [-0.2, 0) is 11.2 Å². The Morgan fingerprint density at radius 3 is 2.25 bits per heavy atom. The minimum Gasteiger partial charge on any atom is -0.484 e. The molecule has 6 rings (SSSR count). The van der Waals surface area contributed by atoms with Gasteiger partial charge in [-0.15, -0.1) is 0 Å². The molecule has 1 aliphatic heterocycles. The average molecular weight is 537 g/mol. The zero-order chi connectivity index (χ0) is 27.5. The summed E-state index contributed by atoms with van der Waals surface area (Å²) in [5, 5.41) is 5.63. The molecule has 1 aliphatic rings. The number of hydrogen-bond acceptors (Lipinski definition) is 6. The Morgan fingerprint density at radius 2 is 1.55 bits per heavy atom. The Labute approximate surface area is 231 Å². The molecule has 0 bridgehead atoms. The van der Waals surface area contributed by atoms with E-state index < -0.39 is 0 Å². The molecule has 1 amide bonds. The number of amides is 1. The molecule has 9 heteroatoms. The number of ether oxygens (including phenoxy) is 1. The van der Waals surface area contributed by atoms with Gasteiger partial charge in [-0.3, -0.25) is 4.79 Å². The van der Waals surface area contributed by atoms with Crippen LogP contribution in [0.4, 0.5) is 10.2 Å². The van der Waals surface area contributed by atoms with Gasteiger partial charge in [0.25, 0.3) is 5.91 Å². The number of anilines is 1. The zero-order valence-electron chi connectivity index (χ0n) is 22.2. The fourth-order valence-corrected chi connectivity index (χ4v) is 4.97. The maximum Gasteiger partial charge on any atom is 0.260 e. The van der Waals surface area contributed by atoms with Gasteiger partial charge >= 0.3 is 0 Å². The zero-order valence-corrected chi connectivity index (χ0v) is 22.2. The highest BCUT2D eigenvalue weighted by atomic mass is 19.1. The lowest BCUT2D eigenvalue weighted by atomic mass is 10.1. The van der Waals surface area contributed by atoms with E-state index in [0.29, 0.717) is 49.8 Å². The van der Waals surface area contributed by atoms with Gasteiger partial charge in [-0.05, 0) is 48.9 Å². The Balaban J connectivity index is 1.28. The first-order valence-electron chi connectivity index (χ1n) is 13.3. The van der Waals surface area contributed by atoms with E-state index in [2.05, 4.69) is 17.0 Å². The molecule has 0 N–H and O–H groups in total. The molecule has 0 atom stereocenters. The monoisotopic (exact) mass is 536 g/mol. The van der Waals surface area contributed by atoms with Crippen LogP contribution in [0.15, 0.2) is 84.9 Å². The van der Waals surface area contributed by atoms with Crippen molar-refractivity contribution < 1.29 is 13.9 Å². The molecule has 0 unspecified atom stereocenters. The van der Waals surface area contributed by atoms with Gasteiger partial charge in [0.2, 0.25) is 0 Å². The number of aryl methyl sites for hydroxylation is 1. The number of halogens is 1. The van der Waals surface area contributed by atoms with Crippen molar-refractivity contribution in [3.63, 3.8) is 0 Å². The van der Waals surface area contributed by atoms with Crippen LogP contribution in [0.2, 0.25) is 0 Å². The Hall–Kier alpha value is -4.79. The van der Waals surface area contributed by atoms with Crippen LogP contribution in [0.3, 0.4) is 0 Å². The van der Waals surface area contributed by atoms with Gasteiger partial charge in [0.05, 0.1) is 16.8 Å². The SMILES string of the molecule is Cc1nn(-c2ccc(F)cc2)c2nc(Cc3ccccc3)nc(N3CCN(C(=O)COc4ccccc4)CC3)c12. The Bertz CT molecular complexity index is 1620. The van der Waals surface area contributed by atoms with E-state index in [1.807, 2.05) is 60.4 Å². The van der Waals surface area contributed by atoms with Crippen molar-refractivity contribution >= 4 is 22.8 Å². The highest BCUT2D eigenvalue weighted by Gasteiger charge is 2.26. The van der Waals surface area contributed by atoms with Gasteiger partial charge in [0.1, 0.15) is 23.2 Å². The van der Waals surface area contributed by atoms with Gasteiger partial charge in [-0.1, -0.05) is 48.5 Å². The van der Waals surface area contributed by atoms with E-state index in [-0.39, 0.29) is 18.3 Å². The van der Waals surface area contributed by atoms with Crippen LogP contribution in [-0.4, -0.2) is 63.3 Å². The van der Waals surface area contributed by atoms with Crippen LogP contribution >= 0.6 is 0 Å². The van der Waals surface area contributed by atoms with Crippen LogP contribution < -0.4 is 9.64 Å². The molecule has 3 aromatic carbocycles. The normalized spacial score (nSPS) is 13.6. The molecule has 2 aromatic heterocycles. The lowest BCUT2D eigenvalue weighted by molar-refractivity contribution is -0.133. The standard InChI is InChI=1S/C31H29FN6O2/c1-22-29-30(37-18-16-36(17-19-37)28(39)21-40-26-10-6-3-7-11-26)33-27(20-23-8-4-2-5-9-23)34-31(29)38(35-22)25-14-12-24(32)13-15-25/h2-15H,16-21H2,1H3. The molecule has 202 valence electrons. The number of rotatable bonds is 7. The second-order valence-corrected chi connectivity index (χ2v) is 9.77. The predicted molar refractivity (Wildman–Crippen MR) is 151 cm³/mol. The third-order valence-corrected chi connectivity index (χ3v) is 7.04. The van der Waals surface area contributed by atoms with E-state index in [9.17, 15) is 9.18 Å². The van der Waals surface area contributed by atoms with E-state index in [4.69, 9.17) is 19.8 Å². The lowest BCUT2D eigenvalue weighted by Crippen LogP contribution is -2.50. The summed E-state index contributed by atoms with van der Waals surface area (Å²) in [4.78, 5) is 26.8. The van der Waals surface area contributed by atoms with E-state index in [1.54, 1.807) is 16.8 Å². The third kappa shape index (κ3) is 5.36. The number of nitrogens with zero attached hydrogens (tertiary/aromatic N) is 6. The van der Waals surface area contributed by atoms with Crippen molar-refractivity contribution in [3.8, 4) is 11.4 Å². The number of carbonyl (C=O) groups excluding carboxylic acids is 1. The molecule has 5 aromatic rings. The number of carbonyl (C=O) groups is 1. The molecule has 40 heavy (non-hydrogen) atoms. The predicted octanol–water partition coefficient (Wildman–Crippen LogP) is 4.58. The summed E-state index contributed by atoms with van der Waals surface area (Å²) in [6.07, 6.45) is 0.562. The van der Waals surface area contributed by atoms with E-state index in [1.165, 1.54) is 12.1 Å². The molecule has 0 radical (unpaired) electrons. The fourth-order valence-electron chi connectivity index (χ4n) is 4.97. The van der Waals surface area contributed by atoms with Crippen LogP contribution in [0.1, 0.15) is 17.1 Å². The first-order valence-corrected chi connectivity index (χ1v) is 13.3. The molecule has 8 nitrogen and oxygen atoms in total. The van der Waals surface area contributed by atoms with Gasteiger partial charge < -0.3 is 14.5 Å². The number of piperazine rings is 1. The van der Waals surface area contributed by atoms with Gasteiger partial charge in [0, 0.05) is 32.6 Å². The van der Waals surface area contributed by atoms with Crippen molar-refractivity contribution in [2.75, 3.05) is 37.7 Å². The lowest BCUT2D eigenvalue weighted by Gasteiger charge is -2.35. The molecule has 0 aliphatic carbocycles. The first-order chi connectivity index (χ1) is 19.5. The highest BCUT2D eigenvalue weighted by Crippen LogP contribution is 2.30. The number of aromatic nitrogens is 4. The number of benzene rings is 3. The maximum atomic E-state index is 13.7. The third-order valence-electron chi connectivity index (χ3n) is 7.04.